The third-order valence-electron chi connectivity index (χ3n) is 5.22. The van der Waals surface area contributed by atoms with Gasteiger partial charge in [-0.3, -0.25) is 10.00 Å². The summed E-state index contributed by atoms with van der Waals surface area (Å²) in [7, 11) is 0. The lowest BCUT2D eigenvalue weighted by atomic mass is 10.0. The predicted molar refractivity (Wildman–Crippen MR) is 95.8 cm³/mol. The number of aromatic nitrogens is 4. The smallest absolute Gasteiger partial charge is 0.131 e. The number of nitrogens with zero attached hydrogens (tertiary/aromatic N) is 4. The summed E-state index contributed by atoms with van der Waals surface area (Å²) >= 11 is 0. The van der Waals surface area contributed by atoms with Crippen LogP contribution in [0.2, 0.25) is 0 Å². The largest absolute Gasteiger partial charge is 0.294 e. The number of fused-ring (bicyclic) bond motifs is 1. The molecule has 0 saturated heterocycles. The predicted octanol–water partition coefficient (Wildman–Crippen LogP) is 3.44. The number of rotatable bonds is 4. The number of nitrogens with one attached hydrogen (secondary N) is 1. The first-order chi connectivity index (χ1) is 12.8. The van der Waals surface area contributed by atoms with Crippen molar-refractivity contribution in [2.45, 2.75) is 38.3 Å². The number of H-pyrrole nitrogens is 1. The summed E-state index contributed by atoms with van der Waals surface area (Å²) in [6.07, 6.45) is 7.30. The fourth-order valence-electron chi connectivity index (χ4n) is 3.60. The van der Waals surface area contributed by atoms with E-state index in [1.165, 1.54) is 36.2 Å². The van der Waals surface area contributed by atoms with E-state index in [0.717, 1.165) is 48.7 Å². The summed E-state index contributed by atoms with van der Waals surface area (Å²) in [5.41, 5.74) is 5.47. The van der Waals surface area contributed by atoms with E-state index in [9.17, 15) is 4.39 Å². The molecule has 132 valence electrons. The SMILES string of the molecule is Fc1ccc(-c2[nH]ncc2CN2CCc3nc(C4CC4)ncc3C2)cc1. The van der Waals surface area contributed by atoms with Crippen LogP contribution in [0.4, 0.5) is 4.39 Å². The minimum atomic E-state index is -0.229. The van der Waals surface area contributed by atoms with Crippen molar-refractivity contribution < 1.29 is 4.39 Å². The molecule has 3 aromatic rings. The van der Waals surface area contributed by atoms with Gasteiger partial charge in [-0.05, 0) is 37.1 Å². The zero-order chi connectivity index (χ0) is 17.5. The van der Waals surface area contributed by atoms with E-state index < -0.39 is 0 Å². The van der Waals surface area contributed by atoms with Crippen LogP contribution in [0.3, 0.4) is 0 Å². The molecule has 2 aliphatic rings. The second-order valence-corrected chi connectivity index (χ2v) is 7.21. The Morgan fingerprint density at radius 2 is 2.00 bits per heavy atom. The van der Waals surface area contributed by atoms with Gasteiger partial charge in [0.25, 0.3) is 0 Å². The Hall–Kier alpha value is -2.60. The Kier molecular flexibility index (Phi) is 3.78. The standard InChI is InChI=1S/C20H20FN5/c21-17-5-3-13(4-6-17)19-16(10-23-25-19)12-26-8-7-18-15(11-26)9-22-20(24-18)14-1-2-14/h3-6,9-10,14H,1-2,7-8,11-12H2,(H,23,25). The van der Waals surface area contributed by atoms with Crippen LogP contribution in [0, 0.1) is 5.82 Å². The van der Waals surface area contributed by atoms with Crippen molar-refractivity contribution in [3.63, 3.8) is 0 Å². The van der Waals surface area contributed by atoms with Gasteiger partial charge in [0, 0.05) is 60.6 Å². The van der Waals surface area contributed by atoms with Gasteiger partial charge in [-0.15, -0.1) is 0 Å². The van der Waals surface area contributed by atoms with Gasteiger partial charge in [0.2, 0.25) is 0 Å². The van der Waals surface area contributed by atoms with Crippen LogP contribution >= 0.6 is 0 Å². The Morgan fingerprint density at radius 1 is 1.15 bits per heavy atom. The highest BCUT2D eigenvalue weighted by Crippen LogP contribution is 2.38. The first-order valence-electron chi connectivity index (χ1n) is 9.11. The third kappa shape index (κ3) is 3.01. The van der Waals surface area contributed by atoms with Gasteiger partial charge in [-0.2, -0.15) is 5.10 Å². The van der Waals surface area contributed by atoms with E-state index in [1.54, 1.807) is 12.1 Å². The van der Waals surface area contributed by atoms with Crippen molar-refractivity contribution in [1.29, 1.82) is 0 Å². The summed E-state index contributed by atoms with van der Waals surface area (Å²) < 4.78 is 13.2. The van der Waals surface area contributed by atoms with Crippen LogP contribution in [-0.4, -0.2) is 31.6 Å². The second kappa shape index (κ2) is 6.29. The van der Waals surface area contributed by atoms with E-state index in [4.69, 9.17) is 4.98 Å². The lowest BCUT2D eigenvalue weighted by molar-refractivity contribution is 0.243. The van der Waals surface area contributed by atoms with Crippen LogP contribution in [-0.2, 0) is 19.5 Å². The highest BCUT2D eigenvalue weighted by atomic mass is 19.1. The van der Waals surface area contributed by atoms with Crippen LogP contribution in [0.15, 0.2) is 36.7 Å². The Balaban J connectivity index is 1.33. The molecule has 2 aromatic heterocycles. The minimum absolute atomic E-state index is 0.229. The van der Waals surface area contributed by atoms with Gasteiger partial charge in [0.1, 0.15) is 11.6 Å². The molecule has 0 spiro atoms. The molecule has 26 heavy (non-hydrogen) atoms. The van der Waals surface area contributed by atoms with Crippen molar-refractivity contribution >= 4 is 0 Å². The summed E-state index contributed by atoms with van der Waals surface area (Å²) in [4.78, 5) is 11.7. The Bertz CT molecular complexity index is 930. The highest BCUT2D eigenvalue weighted by Gasteiger charge is 2.28. The van der Waals surface area contributed by atoms with E-state index >= 15 is 0 Å². The molecule has 0 atom stereocenters. The molecule has 0 bridgehead atoms. The summed E-state index contributed by atoms with van der Waals surface area (Å²) in [5, 5.41) is 7.25. The van der Waals surface area contributed by atoms with Crippen LogP contribution < -0.4 is 0 Å². The van der Waals surface area contributed by atoms with E-state index in [0.29, 0.717) is 5.92 Å². The molecule has 1 aliphatic carbocycles. The Labute approximate surface area is 151 Å². The molecule has 0 unspecified atom stereocenters. The number of aromatic amines is 1. The van der Waals surface area contributed by atoms with Gasteiger partial charge in [0.15, 0.2) is 0 Å². The molecular formula is C20H20FN5. The van der Waals surface area contributed by atoms with E-state index in [-0.39, 0.29) is 5.82 Å². The monoisotopic (exact) mass is 349 g/mol. The third-order valence-corrected chi connectivity index (χ3v) is 5.22. The van der Waals surface area contributed by atoms with E-state index in [1.807, 2.05) is 12.4 Å². The average molecular weight is 349 g/mol. The molecule has 0 radical (unpaired) electrons. The number of benzene rings is 1. The maximum Gasteiger partial charge on any atom is 0.131 e. The summed E-state index contributed by atoms with van der Waals surface area (Å²) in [6, 6.07) is 6.52. The fourth-order valence-corrected chi connectivity index (χ4v) is 3.60. The van der Waals surface area contributed by atoms with Crippen molar-refractivity contribution in [3.05, 3.63) is 65.1 Å². The molecule has 1 fully saturated rings. The first-order valence-corrected chi connectivity index (χ1v) is 9.11. The molecule has 0 amide bonds. The summed E-state index contributed by atoms with van der Waals surface area (Å²) in [5.74, 6) is 1.40. The number of hydrogen-bond acceptors (Lipinski definition) is 4. The minimum Gasteiger partial charge on any atom is -0.294 e. The second-order valence-electron chi connectivity index (χ2n) is 7.21. The number of halogens is 1. The molecule has 3 heterocycles. The average Bonchev–Trinajstić information content (AvgIpc) is 3.42. The molecule has 5 rings (SSSR count). The quantitative estimate of drug-likeness (QED) is 0.784. The van der Waals surface area contributed by atoms with Crippen LogP contribution in [0.1, 0.15) is 41.4 Å². The molecule has 1 saturated carbocycles. The normalized spacial score (nSPS) is 17.3. The lowest BCUT2D eigenvalue weighted by Gasteiger charge is -2.28. The molecule has 5 nitrogen and oxygen atoms in total. The Morgan fingerprint density at radius 3 is 2.81 bits per heavy atom. The van der Waals surface area contributed by atoms with Gasteiger partial charge in [0.05, 0.1) is 11.9 Å². The zero-order valence-electron chi connectivity index (χ0n) is 14.5. The van der Waals surface area contributed by atoms with Crippen molar-refractivity contribution in [1.82, 2.24) is 25.1 Å². The van der Waals surface area contributed by atoms with Gasteiger partial charge in [-0.1, -0.05) is 0 Å². The first kappa shape index (κ1) is 15.6. The van der Waals surface area contributed by atoms with Crippen LogP contribution in [0.25, 0.3) is 11.3 Å². The summed E-state index contributed by atoms with van der Waals surface area (Å²) in [6.45, 7) is 2.63. The van der Waals surface area contributed by atoms with Gasteiger partial charge in [-0.25, -0.2) is 14.4 Å². The highest BCUT2D eigenvalue weighted by molar-refractivity contribution is 5.62. The van der Waals surface area contributed by atoms with Gasteiger partial charge < -0.3 is 0 Å². The molecule has 1 aliphatic heterocycles. The van der Waals surface area contributed by atoms with Crippen molar-refractivity contribution in [2.75, 3.05) is 6.54 Å². The van der Waals surface area contributed by atoms with Crippen molar-refractivity contribution in [2.24, 2.45) is 0 Å². The number of hydrogen-bond donors (Lipinski definition) is 1. The van der Waals surface area contributed by atoms with Crippen LogP contribution in [0.5, 0.6) is 0 Å². The molecule has 6 heteroatoms. The molecule has 1 aromatic carbocycles. The zero-order valence-corrected chi connectivity index (χ0v) is 14.5. The lowest BCUT2D eigenvalue weighted by Crippen LogP contribution is -2.31. The maximum absolute atomic E-state index is 13.2. The van der Waals surface area contributed by atoms with Crippen molar-refractivity contribution in [3.8, 4) is 11.3 Å². The molecular weight excluding hydrogens is 329 g/mol. The topological polar surface area (TPSA) is 57.7 Å². The maximum atomic E-state index is 13.2. The van der Waals surface area contributed by atoms with Gasteiger partial charge >= 0.3 is 0 Å². The fraction of sp³-hybridized carbons (Fsp3) is 0.350. The molecule has 1 N–H and O–H groups in total. The van der Waals surface area contributed by atoms with E-state index in [2.05, 4.69) is 20.1 Å².